The molecule has 0 fully saturated rings. The van der Waals surface area contributed by atoms with Crippen LogP contribution in [0, 0.1) is 0 Å². The maximum atomic E-state index is 10.6. The van der Waals surface area contributed by atoms with E-state index in [1.807, 2.05) is 0 Å². The number of nitrogens with zero attached hydrogens (tertiary/aromatic N) is 1. The van der Waals surface area contributed by atoms with Crippen molar-refractivity contribution < 1.29 is 14.6 Å². The van der Waals surface area contributed by atoms with Gasteiger partial charge in [0, 0.05) is 29.8 Å². The van der Waals surface area contributed by atoms with Gasteiger partial charge in [0.2, 0.25) is 0 Å². The van der Waals surface area contributed by atoms with Crippen LogP contribution in [-0.2, 0) is 4.79 Å². The smallest absolute Gasteiger partial charge is 0.328 e. The number of aromatic nitrogens is 1. The van der Waals surface area contributed by atoms with Crippen LogP contribution in [0.2, 0.25) is 0 Å². The molecule has 2 aromatic rings. The molecule has 104 valence electrons. The van der Waals surface area contributed by atoms with E-state index in [0.29, 0.717) is 30.3 Å². The second-order valence-corrected chi connectivity index (χ2v) is 4.12. The lowest BCUT2D eigenvalue weighted by atomic mass is 10.1. The summed E-state index contributed by atoms with van der Waals surface area (Å²) in [6.07, 6.45) is 4.13. The van der Waals surface area contributed by atoms with Crippen molar-refractivity contribution in [1.29, 1.82) is 0 Å². The molecule has 0 bridgehead atoms. The molecule has 0 saturated carbocycles. The Bertz CT molecular complexity index is 668. The van der Waals surface area contributed by atoms with Crippen molar-refractivity contribution in [3.8, 4) is 5.75 Å². The zero-order valence-corrected chi connectivity index (χ0v) is 10.7. The first-order chi connectivity index (χ1) is 9.61. The van der Waals surface area contributed by atoms with Crippen molar-refractivity contribution in [2.75, 3.05) is 18.9 Å². The third-order valence-corrected chi connectivity index (χ3v) is 2.71. The highest BCUT2D eigenvalue weighted by Gasteiger charge is 2.07. The van der Waals surface area contributed by atoms with E-state index in [1.54, 1.807) is 24.4 Å². The van der Waals surface area contributed by atoms with Crippen molar-refractivity contribution in [3.05, 3.63) is 36.0 Å². The van der Waals surface area contributed by atoms with Crippen LogP contribution in [-0.4, -0.2) is 29.2 Å². The Morgan fingerprint density at radius 2 is 2.25 bits per heavy atom. The Morgan fingerprint density at radius 1 is 1.45 bits per heavy atom. The fraction of sp³-hybridized carbons (Fsp3) is 0.143. The van der Waals surface area contributed by atoms with Gasteiger partial charge in [0.05, 0.1) is 0 Å². The molecule has 0 amide bonds. The number of benzene rings is 1. The molecule has 0 spiro atoms. The quantitative estimate of drug-likeness (QED) is 0.707. The topological polar surface area (TPSA) is 111 Å². The van der Waals surface area contributed by atoms with Gasteiger partial charge in [-0.25, -0.2) is 9.78 Å². The standard InChI is InChI=1S/C14H15N3O3/c15-4-6-20-12-8-11-9(3-5-17-14(11)16)7-10(12)1-2-13(18)19/h1-3,5,7-8H,4,6,15H2,(H2,16,17)(H,18,19). The maximum absolute atomic E-state index is 10.6. The Balaban J connectivity index is 2.54. The lowest BCUT2D eigenvalue weighted by Gasteiger charge is -2.11. The molecule has 0 aliphatic rings. The van der Waals surface area contributed by atoms with Gasteiger partial charge >= 0.3 is 5.97 Å². The van der Waals surface area contributed by atoms with Gasteiger partial charge in [-0.05, 0) is 29.7 Å². The summed E-state index contributed by atoms with van der Waals surface area (Å²) in [7, 11) is 0. The van der Waals surface area contributed by atoms with E-state index in [1.165, 1.54) is 6.08 Å². The number of rotatable bonds is 5. The van der Waals surface area contributed by atoms with Gasteiger partial charge in [-0.15, -0.1) is 0 Å². The minimum Gasteiger partial charge on any atom is -0.492 e. The fourth-order valence-corrected chi connectivity index (χ4v) is 1.83. The number of nitrogen functional groups attached to an aromatic ring is 1. The molecule has 5 N–H and O–H groups in total. The summed E-state index contributed by atoms with van der Waals surface area (Å²) in [6.45, 7) is 0.697. The molecule has 1 heterocycles. The highest BCUT2D eigenvalue weighted by atomic mass is 16.5. The second kappa shape index (κ2) is 6.03. The summed E-state index contributed by atoms with van der Waals surface area (Å²) in [6, 6.07) is 5.35. The highest BCUT2D eigenvalue weighted by molar-refractivity contribution is 5.95. The molecule has 6 heteroatoms. The number of carboxylic acid groups (broad SMARTS) is 1. The number of ether oxygens (including phenoxy) is 1. The van der Waals surface area contributed by atoms with Crippen LogP contribution in [0.25, 0.3) is 16.8 Å². The average molecular weight is 273 g/mol. The predicted octanol–water partition coefficient (Wildman–Crippen LogP) is 1.25. The van der Waals surface area contributed by atoms with Gasteiger partial charge in [-0.2, -0.15) is 0 Å². The van der Waals surface area contributed by atoms with Crippen molar-refractivity contribution in [2.45, 2.75) is 0 Å². The van der Waals surface area contributed by atoms with Crippen LogP contribution in [0.4, 0.5) is 5.82 Å². The monoisotopic (exact) mass is 273 g/mol. The first-order valence-electron chi connectivity index (χ1n) is 6.04. The molecule has 1 aromatic heterocycles. The van der Waals surface area contributed by atoms with Crippen molar-refractivity contribution >= 4 is 28.6 Å². The van der Waals surface area contributed by atoms with Crippen LogP contribution in [0.1, 0.15) is 5.56 Å². The largest absolute Gasteiger partial charge is 0.492 e. The highest BCUT2D eigenvalue weighted by Crippen LogP contribution is 2.29. The number of hydrogen-bond acceptors (Lipinski definition) is 5. The number of anilines is 1. The number of nitrogens with two attached hydrogens (primary N) is 2. The number of carboxylic acids is 1. The third-order valence-electron chi connectivity index (χ3n) is 2.71. The van der Waals surface area contributed by atoms with Gasteiger partial charge in [-0.1, -0.05) is 0 Å². The minimum absolute atomic E-state index is 0.333. The minimum atomic E-state index is -1.02. The molecule has 0 aliphatic heterocycles. The van der Waals surface area contributed by atoms with Crippen LogP contribution in [0.5, 0.6) is 5.75 Å². The molecule has 20 heavy (non-hydrogen) atoms. The molecular weight excluding hydrogens is 258 g/mol. The van der Waals surface area contributed by atoms with E-state index in [2.05, 4.69) is 4.98 Å². The van der Waals surface area contributed by atoms with E-state index in [9.17, 15) is 4.79 Å². The first kappa shape index (κ1) is 13.8. The van der Waals surface area contributed by atoms with E-state index in [0.717, 1.165) is 16.8 Å². The normalized spacial score (nSPS) is 11.1. The fourth-order valence-electron chi connectivity index (χ4n) is 1.83. The molecule has 1 aromatic carbocycles. The van der Waals surface area contributed by atoms with Crippen molar-refractivity contribution in [2.24, 2.45) is 5.73 Å². The van der Waals surface area contributed by atoms with Gasteiger partial charge in [0.15, 0.2) is 0 Å². The van der Waals surface area contributed by atoms with Crippen LogP contribution < -0.4 is 16.2 Å². The molecule has 0 saturated heterocycles. The molecule has 6 nitrogen and oxygen atoms in total. The summed E-state index contributed by atoms with van der Waals surface area (Å²) in [5, 5.41) is 10.3. The Kier molecular flexibility index (Phi) is 4.17. The van der Waals surface area contributed by atoms with Crippen LogP contribution in [0.3, 0.4) is 0 Å². The molecule has 0 unspecified atom stereocenters. The van der Waals surface area contributed by atoms with E-state index in [4.69, 9.17) is 21.3 Å². The molecule has 0 aliphatic carbocycles. The third kappa shape index (κ3) is 3.04. The first-order valence-corrected chi connectivity index (χ1v) is 6.04. The number of aliphatic carboxylic acids is 1. The molecule has 2 rings (SSSR count). The van der Waals surface area contributed by atoms with Gasteiger partial charge in [0.1, 0.15) is 18.2 Å². The zero-order valence-electron chi connectivity index (χ0n) is 10.7. The van der Waals surface area contributed by atoms with Crippen LogP contribution in [0.15, 0.2) is 30.5 Å². The van der Waals surface area contributed by atoms with Crippen LogP contribution >= 0.6 is 0 Å². The van der Waals surface area contributed by atoms with E-state index in [-0.39, 0.29) is 0 Å². The second-order valence-electron chi connectivity index (χ2n) is 4.12. The number of fused-ring (bicyclic) bond motifs is 1. The van der Waals surface area contributed by atoms with Gasteiger partial charge in [0.25, 0.3) is 0 Å². The summed E-state index contributed by atoms with van der Waals surface area (Å²) < 4.78 is 5.53. The van der Waals surface area contributed by atoms with Gasteiger partial charge < -0.3 is 21.3 Å². The van der Waals surface area contributed by atoms with E-state index < -0.39 is 5.97 Å². The van der Waals surface area contributed by atoms with Crippen molar-refractivity contribution in [3.63, 3.8) is 0 Å². The average Bonchev–Trinajstić information content (AvgIpc) is 2.43. The Hall–Kier alpha value is -2.60. The van der Waals surface area contributed by atoms with Crippen molar-refractivity contribution in [1.82, 2.24) is 4.98 Å². The molecule has 0 atom stereocenters. The molecular formula is C14H15N3O3. The van der Waals surface area contributed by atoms with E-state index >= 15 is 0 Å². The zero-order chi connectivity index (χ0) is 14.5. The van der Waals surface area contributed by atoms with Gasteiger partial charge in [-0.3, -0.25) is 0 Å². The summed E-state index contributed by atoms with van der Waals surface area (Å²) in [5.41, 5.74) is 11.9. The number of pyridine rings is 1. The lowest BCUT2D eigenvalue weighted by Crippen LogP contribution is -2.11. The molecule has 0 radical (unpaired) electrons. The lowest BCUT2D eigenvalue weighted by molar-refractivity contribution is -0.131. The maximum Gasteiger partial charge on any atom is 0.328 e. The predicted molar refractivity (Wildman–Crippen MR) is 77.4 cm³/mol. The summed E-state index contributed by atoms with van der Waals surface area (Å²) in [5.74, 6) is -0.0990. The Morgan fingerprint density at radius 3 is 2.95 bits per heavy atom. The Labute approximate surface area is 115 Å². The summed E-state index contributed by atoms with van der Waals surface area (Å²) >= 11 is 0. The SMILES string of the molecule is NCCOc1cc2c(N)nccc2cc1C=CC(=O)O. The summed E-state index contributed by atoms with van der Waals surface area (Å²) in [4.78, 5) is 14.7. The number of hydrogen-bond donors (Lipinski definition) is 3. The number of carbonyl (C=O) groups is 1.